The van der Waals surface area contributed by atoms with E-state index in [4.69, 9.17) is 9.84 Å². The number of ether oxygens (including phenoxy) is 1. The molecule has 0 bridgehead atoms. The second kappa shape index (κ2) is 5.94. The molecular formula is C12H14N4O3. The molecule has 0 radical (unpaired) electrons. The highest BCUT2D eigenvalue weighted by atomic mass is 16.5. The van der Waals surface area contributed by atoms with Crippen molar-refractivity contribution in [1.82, 2.24) is 20.2 Å². The summed E-state index contributed by atoms with van der Waals surface area (Å²) in [6.45, 7) is 0.451. The number of methoxy groups -OCH3 is 1. The first kappa shape index (κ1) is 13.0. The van der Waals surface area contributed by atoms with E-state index in [-0.39, 0.29) is 6.42 Å². The molecule has 2 rings (SSSR count). The molecule has 0 aliphatic rings. The molecule has 2 aromatic rings. The average molecular weight is 262 g/mol. The van der Waals surface area contributed by atoms with Crippen LogP contribution in [0.4, 0.5) is 0 Å². The average Bonchev–Trinajstić information content (AvgIpc) is 2.86. The van der Waals surface area contributed by atoms with Crippen LogP contribution in [0.2, 0.25) is 0 Å². The first-order chi connectivity index (χ1) is 9.22. The Morgan fingerprint density at radius 3 is 2.95 bits per heavy atom. The van der Waals surface area contributed by atoms with E-state index >= 15 is 0 Å². The van der Waals surface area contributed by atoms with Gasteiger partial charge in [0.05, 0.1) is 12.7 Å². The number of hydrogen-bond acceptors (Lipinski definition) is 5. The number of rotatable bonds is 6. The highest BCUT2D eigenvalue weighted by Gasteiger charge is 2.13. The molecule has 0 atom stereocenters. The number of aromatic nitrogens is 4. The van der Waals surface area contributed by atoms with Gasteiger partial charge < -0.3 is 9.84 Å². The van der Waals surface area contributed by atoms with Crippen molar-refractivity contribution in [2.45, 2.75) is 19.4 Å². The number of carbonyl (C=O) groups is 1. The Kier molecular flexibility index (Phi) is 4.07. The summed E-state index contributed by atoms with van der Waals surface area (Å²) in [6.07, 6.45) is 0.563. The number of hydrogen-bond donors (Lipinski definition) is 1. The van der Waals surface area contributed by atoms with Crippen molar-refractivity contribution in [1.29, 1.82) is 0 Å². The van der Waals surface area contributed by atoms with Gasteiger partial charge in [0.25, 0.3) is 0 Å². The van der Waals surface area contributed by atoms with Gasteiger partial charge in [-0.2, -0.15) is 0 Å². The molecule has 0 aliphatic heterocycles. The molecule has 100 valence electrons. The quantitative estimate of drug-likeness (QED) is 0.841. The molecule has 0 unspecified atom stereocenters. The summed E-state index contributed by atoms with van der Waals surface area (Å²) in [7, 11) is 1.58. The molecule has 1 heterocycles. The zero-order valence-corrected chi connectivity index (χ0v) is 10.5. The van der Waals surface area contributed by atoms with Crippen LogP contribution in [-0.4, -0.2) is 38.4 Å². The minimum Gasteiger partial charge on any atom is -0.496 e. The fourth-order valence-corrected chi connectivity index (χ4v) is 1.76. The van der Waals surface area contributed by atoms with Crippen molar-refractivity contribution in [3.8, 4) is 17.1 Å². The van der Waals surface area contributed by atoms with Crippen LogP contribution in [0.15, 0.2) is 24.3 Å². The van der Waals surface area contributed by atoms with Crippen LogP contribution in [0.1, 0.15) is 12.8 Å². The Hall–Kier alpha value is -2.44. The molecule has 0 spiro atoms. The van der Waals surface area contributed by atoms with Gasteiger partial charge in [-0.05, 0) is 29.0 Å². The van der Waals surface area contributed by atoms with E-state index in [2.05, 4.69) is 15.5 Å². The SMILES string of the molecule is COc1ccccc1-c1nnnn1CCCC(=O)O. The lowest BCUT2D eigenvalue weighted by Crippen LogP contribution is -2.06. The predicted molar refractivity (Wildman–Crippen MR) is 66.7 cm³/mol. The van der Waals surface area contributed by atoms with Crippen LogP contribution in [0.3, 0.4) is 0 Å². The summed E-state index contributed by atoms with van der Waals surface area (Å²) in [5.41, 5.74) is 0.783. The summed E-state index contributed by atoms with van der Waals surface area (Å²) >= 11 is 0. The second-order valence-corrected chi connectivity index (χ2v) is 3.92. The minimum absolute atomic E-state index is 0.0885. The Balaban J connectivity index is 2.21. The zero-order chi connectivity index (χ0) is 13.7. The van der Waals surface area contributed by atoms with Gasteiger partial charge in [-0.3, -0.25) is 4.79 Å². The fourth-order valence-electron chi connectivity index (χ4n) is 1.76. The van der Waals surface area contributed by atoms with Crippen molar-refractivity contribution in [2.24, 2.45) is 0 Å². The maximum atomic E-state index is 10.5. The van der Waals surface area contributed by atoms with Gasteiger partial charge in [-0.1, -0.05) is 12.1 Å². The van der Waals surface area contributed by atoms with Crippen molar-refractivity contribution in [3.63, 3.8) is 0 Å². The van der Waals surface area contributed by atoms with E-state index in [9.17, 15) is 4.79 Å². The molecule has 0 saturated heterocycles. The van der Waals surface area contributed by atoms with Crippen LogP contribution >= 0.6 is 0 Å². The van der Waals surface area contributed by atoms with E-state index in [0.717, 1.165) is 5.56 Å². The van der Waals surface area contributed by atoms with E-state index in [1.54, 1.807) is 11.8 Å². The number of benzene rings is 1. The smallest absolute Gasteiger partial charge is 0.303 e. The largest absolute Gasteiger partial charge is 0.496 e. The Morgan fingerprint density at radius 2 is 2.21 bits per heavy atom. The van der Waals surface area contributed by atoms with Gasteiger partial charge in [-0.15, -0.1) is 5.10 Å². The van der Waals surface area contributed by atoms with Crippen LogP contribution in [-0.2, 0) is 11.3 Å². The van der Waals surface area contributed by atoms with Crippen molar-refractivity contribution >= 4 is 5.97 Å². The number of aryl methyl sites for hydroxylation is 1. The number of tetrazole rings is 1. The lowest BCUT2D eigenvalue weighted by molar-refractivity contribution is -0.137. The third-order valence-electron chi connectivity index (χ3n) is 2.64. The summed E-state index contributed by atoms with van der Waals surface area (Å²) in [4.78, 5) is 10.5. The molecule has 0 saturated carbocycles. The Bertz CT molecular complexity index is 568. The van der Waals surface area contributed by atoms with Crippen LogP contribution in [0, 0.1) is 0 Å². The molecule has 1 N–H and O–H groups in total. The molecule has 7 nitrogen and oxygen atoms in total. The maximum absolute atomic E-state index is 10.5. The van der Waals surface area contributed by atoms with Gasteiger partial charge >= 0.3 is 5.97 Å². The van der Waals surface area contributed by atoms with Crippen molar-refractivity contribution < 1.29 is 14.6 Å². The molecule has 0 fully saturated rings. The third kappa shape index (κ3) is 3.06. The Morgan fingerprint density at radius 1 is 1.42 bits per heavy atom. The predicted octanol–water partition coefficient (Wildman–Crippen LogP) is 1.21. The van der Waals surface area contributed by atoms with Gasteiger partial charge in [-0.25, -0.2) is 4.68 Å². The van der Waals surface area contributed by atoms with E-state index in [1.807, 2.05) is 24.3 Å². The van der Waals surface area contributed by atoms with Crippen molar-refractivity contribution in [2.75, 3.05) is 7.11 Å². The topological polar surface area (TPSA) is 90.1 Å². The summed E-state index contributed by atoms with van der Waals surface area (Å²) in [6, 6.07) is 7.42. The Labute approximate surface area is 109 Å². The highest BCUT2D eigenvalue weighted by molar-refractivity contribution is 5.66. The zero-order valence-electron chi connectivity index (χ0n) is 10.5. The fraction of sp³-hybridized carbons (Fsp3) is 0.333. The first-order valence-electron chi connectivity index (χ1n) is 5.83. The molecule has 7 heteroatoms. The molecule has 1 aromatic heterocycles. The van der Waals surface area contributed by atoms with E-state index in [0.29, 0.717) is 24.5 Å². The maximum Gasteiger partial charge on any atom is 0.303 e. The second-order valence-electron chi connectivity index (χ2n) is 3.92. The highest BCUT2D eigenvalue weighted by Crippen LogP contribution is 2.27. The lowest BCUT2D eigenvalue weighted by atomic mass is 10.2. The number of para-hydroxylation sites is 1. The van der Waals surface area contributed by atoms with Gasteiger partial charge in [0.15, 0.2) is 5.82 Å². The van der Waals surface area contributed by atoms with Crippen LogP contribution in [0.5, 0.6) is 5.75 Å². The summed E-state index contributed by atoms with van der Waals surface area (Å²) < 4.78 is 6.85. The monoisotopic (exact) mass is 262 g/mol. The number of carboxylic acids is 1. The standard InChI is InChI=1S/C12H14N4O3/c1-19-10-6-3-2-5-9(10)12-13-14-15-16(12)8-4-7-11(17)18/h2-3,5-6H,4,7-8H2,1H3,(H,17,18). The first-order valence-corrected chi connectivity index (χ1v) is 5.83. The summed E-state index contributed by atoms with van der Waals surface area (Å²) in [5, 5.41) is 20.1. The third-order valence-corrected chi connectivity index (χ3v) is 2.64. The van der Waals surface area contributed by atoms with Gasteiger partial charge in [0, 0.05) is 13.0 Å². The normalized spacial score (nSPS) is 10.4. The molecule has 19 heavy (non-hydrogen) atoms. The van der Waals surface area contributed by atoms with Crippen LogP contribution < -0.4 is 4.74 Å². The number of carboxylic acid groups (broad SMARTS) is 1. The summed E-state index contributed by atoms with van der Waals surface area (Å²) in [5.74, 6) is 0.423. The number of nitrogens with zero attached hydrogens (tertiary/aromatic N) is 4. The number of aliphatic carboxylic acids is 1. The van der Waals surface area contributed by atoms with E-state index < -0.39 is 5.97 Å². The van der Waals surface area contributed by atoms with Crippen LogP contribution in [0.25, 0.3) is 11.4 Å². The molecular weight excluding hydrogens is 248 g/mol. The molecule has 0 amide bonds. The lowest BCUT2D eigenvalue weighted by Gasteiger charge is -2.07. The van der Waals surface area contributed by atoms with Crippen molar-refractivity contribution in [3.05, 3.63) is 24.3 Å². The van der Waals surface area contributed by atoms with Gasteiger partial charge in [0.1, 0.15) is 5.75 Å². The van der Waals surface area contributed by atoms with Gasteiger partial charge in [0.2, 0.25) is 0 Å². The van der Waals surface area contributed by atoms with E-state index in [1.165, 1.54) is 0 Å². The minimum atomic E-state index is -0.827. The molecule has 1 aromatic carbocycles. The molecule has 0 aliphatic carbocycles.